The van der Waals surface area contributed by atoms with Crippen LogP contribution in [0, 0.1) is 0 Å². The molecule has 0 saturated heterocycles. The quantitative estimate of drug-likeness (QED) is 0.226. The van der Waals surface area contributed by atoms with Gasteiger partial charge in [0.05, 0.1) is 0 Å². The molecular weight excluding hydrogens is 240 g/mol. The summed E-state index contributed by atoms with van der Waals surface area (Å²) >= 11 is 0. The summed E-state index contributed by atoms with van der Waals surface area (Å²) in [5.74, 6) is 0. The Hall–Kier alpha value is -0.780. The van der Waals surface area contributed by atoms with Crippen molar-refractivity contribution in [2.24, 2.45) is 0 Å². The zero-order valence-corrected chi connectivity index (χ0v) is 14.0. The highest BCUT2D eigenvalue weighted by atomic mass is 14.0. The van der Waals surface area contributed by atoms with Crippen LogP contribution in [-0.2, 0) is 0 Å². The molecule has 0 aliphatic rings. The van der Waals surface area contributed by atoms with E-state index < -0.39 is 0 Å². The molecule has 20 heavy (non-hydrogen) atoms. The van der Waals surface area contributed by atoms with Crippen molar-refractivity contribution < 1.29 is 0 Å². The fourth-order valence-corrected chi connectivity index (χ4v) is 2.00. The third-order valence-electron chi connectivity index (χ3n) is 3.33. The minimum atomic E-state index is 1.15. The fourth-order valence-electron chi connectivity index (χ4n) is 2.00. The molecule has 0 aliphatic heterocycles. The average molecular weight is 279 g/mol. The van der Waals surface area contributed by atoms with Gasteiger partial charge in [-0.3, -0.25) is 0 Å². The molecule has 0 aromatic rings. The minimum absolute atomic E-state index is 1.15. The molecule has 0 nitrogen and oxygen atoms in total. The Labute approximate surface area is 129 Å². The zero-order valence-electron chi connectivity index (χ0n) is 14.0. The summed E-state index contributed by atoms with van der Waals surface area (Å²) in [6.07, 6.45) is 23.2. The smallest absolute Gasteiger partial charge is 0.0353 e. The molecule has 0 saturated carbocycles. The lowest BCUT2D eigenvalue weighted by atomic mass is 10.1. The van der Waals surface area contributed by atoms with Gasteiger partial charge >= 0.3 is 0 Å². The van der Waals surface area contributed by atoms with E-state index in [1.807, 2.05) is 18.2 Å². The molecule has 0 atom stereocenters. The van der Waals surface area contributed by atoms with Crippen molar-refractivity contribution in [1.82, 2.24) is 0 Å². The molecule has 0 heteroatoms. The first-order valence-electron chi connectivity index (χ1n) is 8.66. The van der Waals surface area contributed by atoms with Gasteiger partial charge in [0.25, 0.3) is 0 Å². The summed E-state index contributed by atoms with van der Waals surface area (Å²) in [6.45, 7) is 13.3. The molecule has 0 amide bonds. The first-order chi connectivity index (χ1) is 9.83. The first kappa shape index (κ1) is 21.5. The van der Waals surface area contributed by atoms with E-state index in [9.17, 15) is 0 Å². The van der Waals surface area contributed by atoms with E-state index in [0.717, 1.165) is 12.8 Å². The summed E-state index contributed by atoms with van der Waals surface area (Å²) < 4.78 is 0. The van der Waals surface area contributed by atoms with Crippen LogP contribution in [-0.4, -0.2) is 0 Å². The SMILES string of the molecule is C=CCCCCC=C.C=CCCCCCCCCCC. The van der Waals surface area contributed by atoms with Crippen molar-refractivity contribution in [3.05, 3.63) is 38.0 Å². The first-order valence-corrected chi connectivity index (χ1v) is 8.66. The highest BCUT2D eigenvalue weighted by molar-refractivity contribution is 4.69. The van der Waals surface area contributed by atoms with Gasteiger partial charge in [-0.25, -0.2) is 0 Å². The maximum Gasteiger partial charge on any atom is -0.0353 e. The highest BCUT2D eigenvalue weighted by Gasteiger charge is 1.89. The van der Waals surface area contributed by atoms with Gasteiger partial charge in [0.2, 0.25) is 0 Å². The van der Waals surface area contributed by atoms with E-state index in [2.05, 4.69) is 26.7 Å². The molecule has 0 aromatic carbocycles. The number of rotatable bonds is 14. The van der Waals surface area contributed by atoms with Gasteiger partial charge < -0.3 is 0 Å². The molecular formula is C20H38. The van der Waals surface area contributed by atoms with Crippen LogP contribution in [0.4, 0.5) is 0 Å². The van der Waals surface area contributed by atoms with Crippen molar-refractivity contribution in [3.63, 3.8) is 0 Å². The van der Waals surface area contributed by atoms with Crippen molar-refractivity contribution in [2.75, 3.05) is 0 Å². The van der Waals surface area contributed by atoms with Crippen molar-refractivity contribution >= 4 is 0 Å². The van der Waals surface area contributed by atoms with Crippen molar-refractivity contribution in [2.45, 2.75) is 90.4 Å². The molecule has 0 rings (SSSR count). The van der Waals surface area contributed by atoms with Gasteiger partial charge in [0.1, 0.15) is 0 Å². The van der Waals surface area contributed by atoms with Crippen LogP contribution in [0.15, 0.2) is 38.0 Å². The topological polar surface area (TPSA) is 0 Å². The summed E-state index contributed by atoms with van der Waals surface area (Å²) in [6, 6.07) is 0. The van der Waals surface area contributed by atoms with Crippen molar-refractivity contribution in [3.8, 4) is 0 Å². The Morgan fingerprint density at radius 2 is 0.800 bits per heavy atom. The molecule has 0 bridgehead atoms. The normalized spacial score (nSPS) is 9.45. The van der Waals surface area contributed by atoms with E-state index >= 15 is 0 Å². The van der Waals surface area contributed by atoms with Gasteiger partial charge in [-0.15, -0.1) is 19.7 Å². The van der Waals surface area contributed by atoms with Crippen LogP contribution in [0.25, 0.3) is 0 Å². The Morgan fingerprint density at radius 1 is 0.500 bits per heavy atom. The molecule has 118 valence electrons. The largest absolute Gasteiger partial charge is 0.103 e. The van der Waals surface area contributed by atoms with Gasteiger partial charge in [0.15, 0.2) is 0 Å². The van der Waals surface area contributed by atoms with E-state index in [1.165, 1.54) is 70.6 Å². The predicted molar refractivity (Wildman–Crippen MR) is 96.3 cm³/mol. The molecule has 0 aromatic heterocycles. The molecule has 0 aliphatic carbocycles. The van der Waals surface area contributed by atoms with E-state index in [1.54, 1.807) is 0 Å². The van der Waals surface area contributed by atoms with Crippen LogP contribution >= 0.6 is 0 Å². The highest BCUT2D eigenvalue weighted by Crippen LogP contribution is 2.09. The maximum absolute atomic E-state index is 3.72. The third kappa shape index (κ3) is 25.9. The molecule has 0 heterocycles. The third-order valence-corrected chi connectivity index (χ3v) is 3.33. The second kappa shape index (κ2) is 23.3. The van der Waals surface area contributed by atoms with Gasteiger partial charge in [-0.05, 0) is 38.5 Å². The van der Waals surface area contributed by atoms with Crippen LogP contribution in [0.1, 0.15) is 90.4 Å². The lowest BCUT2D eigenvalue weighted by molar-refractivity contribution is 0.578. The number of unbranched alkanes of at least 4 members (excludes halogenated alkanes) is 11. The zero-order chi connectivity index (χ0) is 15.3. The number of allylic oxidation sites excluding steroid dienone is 3. The molecule has 0 spiro atoms. The van der Waals surface area contributed by atoms with Crippen LogP contribution in [0.3, 0.4) is 0 Å². The number of hydrogen-bond donors (Lipinski definition) is 0. The summed E-state index contributed by atoms with van der Waals surface area (Å²) in [4.78, 5) is 0. The predicted octanol–water partition coefficient (Wildman–Crippen LogP) is 7.62. The molecule has 0 radical (unpaired) electrons. The second-order valence-corrected chi connectivity index (χ2v) is 5.41. The molecule has 0 fully saturated rings. The fraction of sp³-hybridized carbons (Fsp3) is 0.700. The summed E-state index contributed by atoms with van der Waals surface area (Å²) in [7, 11) is 0. The molecule has 0 unspecified atom stereocenters. The monoisotopic (exact) mass is 278 g/mol. The van der Waals surface area contributed by atoms with E-state index in [4.69, 9.17) is 0 Å². The average Bonchev–Trinajstić information content (AvgIpc) is 2.47. The summed E-state index contributed by atoms with van der Waals surface area (Å²) in [5, 5.41) is 0. The van der Waals surface area contributed by atoms with E-state index in [0.29, 0.717) is 0 Å². The Bertz CT molecular complexity index is 180. The van der Waals surface area contributed by atoms with Gasteiger partial charge in [0, 0.05) is 0 Å². The second-order valence-electron chi connectivity index (χ2n) is 5.41. The van der Waals surface area contributed by atoms with Crippen LogP contribution in [0.2, 0.25) is 0 Å². The van der Waals surface area contributed by atoms with Crippen LogP contribution < -0.4 is 0 Å². The maximum atomic E-state index is 3.72. The van der Waals surface area contributed by atoms with E-state index in [-0.39, 0.29) is 0 Å². The summed E-state index contributed by atoms with van der Waals surface area (Å²) in [5.41, 5.74) is 0. The van der Waals surface area contributed by atoms with Gasteiger partial charge in [-0.2, -0.15) is 0 Å². The molecule has 0 N–H and O–H groups in total. The Kier molecular flexibility index (Phi) is 25.1. The van der Waals surface area contributed by atoms with Crippen molar-refractivity contribution in [1.29, 1.82) is 0 Å². The minimum Gasteiger partial charge on any atom is -0.103 e. The Morgan fingerprint density at radius 3 is 1.15 bits per heavy atom. The number of hydrogen-bond acceptors (Lipinski definition) is 0. The Balaban J connectivity index is 0. The lowest BCUT2D eigenvalue weighted by Gasteiger charge is -1.99. The van der Waals surface area contributed by atoms with Crippen LogP contribution in [0.5, 0.6) is 0 Å². The standard InChI is InChI=1S/C12H24.C8H14/c1-3-5-7-9-11-12-10-8-6-4-2;1-3-5-7-8-6-4-2/h3H,1,4-12H2,2H3;3-4H,1-2,5-8H2. The van der Waals surface area contributed by atoms with Gasteiger partial charge in [-0.1, -0.05) is 70.1 Å². The lowest BCUT2D eigenvalue weighted by Crippen LogP contribution is -1.79.